The van der Waals surface area contributed by atoms with Crippen LogP contribution >= 0.6 is 11.3 Å². The highest BCUT2D eigenvalue weighted by atomic mass is 32.1. The normalized spacial score (nSPS) is 13.5. The molecule has 4 aromatic rings. The number of benzene rings is 3. The van der Waals surface area contributed by atoms with Crippen LogP contribution in [0.15, 0.2) is 60.7 Å². The van der Waals surface area contributed by atoms with E-state index in [-0.39, 0.29) is 18.6 Å². The topological polar surface area (TPSA) is 68.3 Å². The third kappa shape index (κ3) is 3.59. The van der Waals surface area contributed by atoms with Crippen molar-refractivity contribution in [3.8, 4) is 10.6 Å². The van der Waals surface area contributed by atoms with Crippen LogP contribution in [0.4, 0.5) is 0 Å². The Morgan fingerprint density at radius 2 is 1.83 bits per heavy atom. The molecule has 6 heteroatoms. The average Bonchev–Trinajstić information content (AvgIpc) is 3.45. The van der Waals surface area contributed by atoms with E-state index in [1.54, 1.807) is 17.4 Å². The number of thiazole rings is 1. The molecule has 0 radical (unpaired) electrons. The maximum Gasteiger partial charge on any atom is 0.339 e. The van der Waals surface area contributed by atoms with E-state index >= 15 is 0 Å². The number of aromatic nitrogens is 1. The van der Waals surface area contributed by atoms with Crippen molar-refractivity contribution >= 4 is 44.2 Å². The number of esters is 1. The number of hydrogen-bond acceptors (Lipinski definition) is 5. The SMILES string of the molecule is O=C(COC(=O)c1cccc2cccc(-c3nc4ccccc4s3)c12)NC1CC1. The molecule has 0 unspecified atom stereocenters. The molecule has 1 aliphatic carbocycles. The Bertz CT molecular complexity index is 1210. The summed E-state index contributed by atoms with van der Waals surface area (Å²) in [6.07, 6.45) is 1.99. The van der Waals surface area contributed by atoms with Gasteiger partial charge in [-0.25, -0.2) is 9.78 Å². The van der Waals surface area contributed by atoms with Crippen LogP contribution in [0.25, 0.3) is 31.6 Å². The minimum Gasteiger partial charge on any atom is -0.452 e. The number of para-hydroxylation sites is 1. The van der Waals surface area contributed by atoms with Crippen LogP contribution in [0, 0.1) is 0 Å². The van der Waals surface area contributed by atoms with Gasteiger partial charge in [0.1, 0.15) is 5.01 Å². The second-order valence-corrected chi connectivity index (χ2v) is 8.14. The van der Waals surface area contributed by atoms with Crippen LogP contribution < -0.4 is 5.32 Å². The molecule has 1 saturated carbocycles. The van der Waals surface area contributed by atoms with Crippen LogP contribution in [0.3, 0.4) is 0 Å². The summed E-state index contributed by atoms with van der Waals surface area (Å²) in [4.78, 5) is 29.4. The molecule has 5 nitrogen and oxygen atoms in total. The summed E-state index contributed by atoms with van der Waals surface area (Å²) in [5.41, 5.74) is 2.26. The molecule has 0 spiro atoms. The molecule has 1 fully saturated rings. The van der Waals surface area contributed by atoms with E-state index in [1.165, 1.54) is 0 Å². The van der Waals surface area contributed by atoms with Gasteiger partial charge in [-0.3, -0.25) is 4.79 Å². The highest BCUT2D eigenvalue weighted by Gasteiger charge is 2.24. The van der Waals surface area contributed by atoms with Crippen molar-refractivity contribution in [1.29, 1.82) is 0 Å². The summed E-state index contributed by atoms with van der Waals surface area (Å²) in [6.45, 7) is -0.269. The first-order valence-corrected chi connectivity index (χ1v) is 10.3. The van der Waals surface area contributed by atoms with Gasteiger partial charge in [0, 0.05) is 17.0 Å². The summed E-state index contributed by atoms with van der Waals surface area (Å²) < 4.78 is 6.40. The van der Waals surface area contributed by atoms with Gasteiger partial charge in [-0.05, 0) is 36.4 Å². The van der Waals surface area contributed by atoms with Gasteiger partial charge in [0.05, 0.1) is 15.8 Å². The molecule has 0 saturated heterocycles. The van der Waals surface area contributed by atoms with Crippen molar-refractivity contribution in [2.24, 2.45) is 0 Å². The first-order valence-electron chi connectivity index (χ1n) is 9.53. The maximum absolute atomic E-state index is 12.8. The van der Waals surface area contributed by atoms with Crippen LogP contribution in [0.1, 0.15) is 23.2 Å². The molecule has 144 valence electrons. The molecule has 29 heavy (non-hydrogen) atoms. The first kappa shape index (κ1) is 17.8. The number of nitrogens with zero attached hydrogens (tertiary/aromatic N) is 1. The van der Waals surface area contributed by atoms with Gasteiger partial charge in [-0.2, -0.15) is 0 Å². The molecule has 1 aromatic heterocycles. The Balaban J connectivity index is 1.52. The minimum atomic E-state index is -0.505. The lowest BCUT2D eigenvalue weighted by Crippen LogP contribution is -2.30. The molecule has 0 bridgehead atoms. The van der Waals surface area contributed by atoms with Gasteiger partial charge in [0.25, 0.3) is 5.91 Å². The third-order valence-corrected chi connectivity index (χ3v) is 6.00. The fourth-order valence-corrected chi connectivity index (χ4v) is 4.38. The lowest BCUT2D eigenvalue weighted by Gasteiger charge is -2.10. The van der Waals surface area contributed by atoms with Gasteiger partial charge >= 0.3 is 5.97 Å². The Labute approximate surface area is 171 Å². The summed E-state index contributed by atoms with van der Waals surface area (Å²) in [6, 6.07) is 19.6. The zero-order valence-electron chi connectivity index (χ0n) is 15.6. The standard InChI is InChI=1S/C23H18N2O3S/c26-20(24-15-11-12-15)13-28-23(27)17-8-4-6-14-5-3-7-16(21(14)17)22-25-18-9-1-2-10-19(18)29-22/h1-10,15H,11-13H2,(H,24,26). The monoisotopic (exact) mass is 402 g/mol. The number of carbonyl (C=O) groups is 2. The second-order valence-electron chi connectivity index (χ2n) is 7.11. The highest BCUT2D eigenvalue weighted by Crippen LogP contribution is 2.36. The maximum atomic E-state index is 12.8. The Hall–Kier alpha value is -3.25. The molecule has 1 aliphatic rings. The average molecular weight is 402 g/mol. The number of hydrogen-bond donors (Lipinski definition) is 1. The summed E-state index contributed by atoms with van der Waals surface area (Å²) in [7, 11) is 0. The molecule has 0 aliphatic heterocycles. The van der Waals surface area contributed by atoms with Gasteiger partial charge < -0.3 is 10.1 Å². The predicted molar refractivity (Wildman–Crippen MR) is 114 cm³/mol. The molecular formula is C23H18N2O3S. The van der Waals surface area contributed by atoms with Crippen molar-refractivity contribution in [3.63, 3.8) is 0 Å². The van der Waals surface area contributed by atoms with Crippen LogP contribution in [-0.4, -0.2) is 29.5 Å². The molecular weight excluding hydrogens is 384 g/mol. The summed E-state index contributed by atoms with van der Waals surface area (Å²) in [5.74, 6) is -0.761. The molecule has 1 N–H and O–H groups in total. The van der Waals surface area contributed by atoms with E-state index in [1.807, 2.05) is 54.6 Å². The minimum absolute atomic E-state index is 0.240. The smallest absolute Gasteiger partial charge is 0.339 e. The quantitative estimate of drug-likeness (QED) is 0.497. The zero-order valence-corrected chi connectivity index (χ0v) is 16.4. The zero-order chi connectivity index (χ0) is 19.8. The lowest BCUT2D eigenvalue weighted by atomic mass is 9.99. The van der Waals surface area contributed by atoms with Gasteiger partial charge in [0.15, 0.2) is 6.61 Å². The van der Waals surface area contributed by atoms with Crippen molar-refractivity contribution < 1.29 is 14.3 Å². The Morgan fingerprint density at radius 3 is 2.62 bits per heavy atom. The predicted octanol–water partition coefficient (Wildman–Crippen LogP) is 4.55. The fourth-order valence-electron chi connectivity index (χ4n) is 3.38. The van der Waals surface area contributed by atoms with E-state index in [2.05, 4.69) is 5.32 Å². The number of rotatable bonds is 5. The van der Waals surface area contributed by atoms with Crippen molar-refractivity contribution in [2.75, 3.05) is 6.61 Å². The number of fused-ring (bicyclic) bond motifs is 2. The van der Waals surface area contributed by atoms with Crippen molar-refractivity contribution in [3.05, 3.63) is 66.2 Å². The van der Waals surface area contributed by atoms with E-state index in [0.29, 0.717) is 5.56 Å². The highest BCUT2D eigenvalue weighted by molar-refractivity contribution is 7.21. The second kappa shape index (κ2) is 7.29. The van der Waals surface area contributed by atoms with Crippen molar-refractivity contribution in [2.45, 2.75) is 18.9 Å². The van der Waals surface area contributed by atoms with Crippen LogP contribution in [0.2, 0.25) is 0 Å². The van der Waals surface area contributed by atoms with E-state index < -0.39 is 5.97 Å². The molecule has 1 heterocycles. The summed E-state index contributed by atoms with van der Waals surface area (Å²) >= 11 is 1.59. The van der Waals surface area contributed by atoms with Gasteiger partial charge in [-0.1, -0.05) is 42.5 Å². The lowest BCUT2D eigenvalue weighted by molar-refractivity contribution is -0.124. The third-order valence-electron chi connectivity index (χ3n) is 4.93. The molecule has 0 atom stereocenters. The number of amides is 1. The molecule has 3 aromatic carbocycles. The van der Waals surface area contributed by atoms with Gasteiger partial charge in [0.2, 0.25) is 0 Å². The Morgan fingerprint density at radius 1 is 1.03 bits per heavy atom. The van der Waals surface area contributed by atoms with E-state index in [9.17, 15) is 9.59 Å². The van der Waals surface area contributed by atoms with Gasteiger partial charge in [-0.15, -0.1) is 11.3 Å². The van der Waals surface area contributed by atoms with Crippen LogP contribution in [-0.2, 0) is 9.53 Å². The fraction of sp³-hybridized carbons (Fsp3) is 0.174. The molecule has 1 amide bonds. The van der Waals surface area contributed by atoms with E-state index in [0.717, 1.165) is 44.4 Å². The number of carbonyl (C=O) groups excluding carboxylic acids is 2. The van der Waals surface area contributed by atoms with E-state index in [4.69, 9.17) is 9.72 Å². The number of nitrogens with one attached hydrogen (secondary N) is 1. The Kier molecular flexibility index (Phi) is 4.48. The largest absolute Gasteiger partial charge is 0.452 e. The molecule has 5 rings (SSSR count). The summed E-state index contributed by atoms with van der Waals surface area (Å²) in [5, 5.41) is 5.40. The number of ether oxygens (including phenoxy) is 1. The van der Waals surface area contributed by atoms with Crippen molar-refractivity contribution in [1.82, 2.24) is 10.3 Å². The van der Waals surface area contributed by atoms with Crippen LogP contribution in [0.5, 0.6) is 0 Å². The first-order chi connectivity index (χ1) is 14.2.